The second-order valence-corrected chi connectivity index (χ2v) is 7.88. The molecule has 0 atom stereocenters. The summed E-state index contributed by atoms with van der Waals surface area (Å²) in [7, 11) is 0. The molecule has 34 heavy (non-hydrogen) atoms. The Balaban J connectivity index is 1.50. The Morgan fingerprint density at radius 3 is 1.71 bits per heavy atom. The van der Waals surface area contributed by atoms with Crippen LogP contribution in [-0.4, -0.2) is 18.5 Å². The number of hydrogen-bond donors (Lipinski definition) is 0. The molecule has 0 bridgehead atoms. The highest BCUT2D eigenvalue weighted by molar-refractivity contribution is 5.92. The van der Waals surface area contributed by atoms with E-state index in [1.165, 1.54) is 24.8 Å². The molecule has 3 aromatic carbocycles. The molecule has 0 aliphatic rings. The Bertz CT molecular complexity index is 1070. The second-order valence-electron chi connectivity index (χ2n) is 7.88. The first-order valence-electron chi connectivity index (χ1n) is 11.6. The van der Waals surface area contributed by atoms with Crippen molar-refractivity contribution in [3.8, 4) is 17.2 Å². The van der Waals surface area contributed by atoms with Gasteiger partial charge in [-0.2, -0.15) is 0 Å². The van der Waals surface area contributed by atoms with E-state index in [2.05, 4.69) is 13.5 Å². The monoisotopic (exact) mass is 458 g/mol. The van der Waals surface area contributed by atoms with E-state index in [1.807, 2.05) is 12.1 Å². The summed E-state index contributed by atoms with van der Waals surface area (Å²) in [4.78, 5) is 24.8. The average molecular weight is 459 g/mol. The highest BCUT2D eigenvalue weighted by Gasteiger charge is 2.11. The van der Waals surface area contributed by atoms with Crippen LogP contribution < -0.4 is 14.2 Å². The molecule has 0 N–H and O–H groups in total. The van der Waals surface area contributed by atoms with Crippen molar-refractivity contribution in [1.29, 1.82) is 0 Å². The number of esters is 2. The van der Waals surface area contributed by atoms with Gasteiger partial charge in [-0.15, -0.1) is 0 Å². The molecule has 3 rings (SSSR count). The Labute approximate surface area is 201 Å². The Morgan fingerprint density at radius 2 is 1.21 bits per heavy atom. The average Bonchev–Trinajstić information content (AvgIpc) is 2.87. The third kappa shape index (κ3) is 7.62. The van der Waals surface area contributed by atoms with E-state index < -0.39 is 11.9 Å². The molecule has 0 saturated heterocycles. The van der Waals surface area contributed by atoms with Gasteiger partial charge in [-0.3, -0.25) is 0 Å². The molecule has 176 valence electrons. The van der Waals surface area contributed by atoms with Gasteiger partial charge in [0.2, 0.25) is 0 Å². The van der Waals surface area contributed by atoms with Gasteiger partial charge in [0.05, 0.1) is 11.1 Å². The first kappa shape index (κ1) is 24.8. The molecule has 0 amide bonds. The predicted octanol–water partition coefficient (Wildman–Crippen LogP) is 6.81. The van der Waals surface area contributed by atoms with Crippen LogP contribution >= 0.6 is 0 Å². The fourth-order valence-corrected chi connectivity index (χ4v) is 3.31. The van der Waals surface area contributed by atoms with Crippen molar-refractivity contribution < 1.29 is 23.8 Å². The minimum Gasteiger partial charge on any atom is -0.490 e. The summed E-state index contributed by atoms with van der Waals surface area (Å²) in [5, 5.41) is 0. The van der Waals surface area contributed by atoms with Gasteiger partial charge in [0.25, 0.3) is 0 Å². The predicted molar refractivity (Wildman–Crippen MR) is 133 cm³/mol. The van der Waals surface area contributed by atoms with E-state index in [0.717, 1.165) is 12.8 Å². The Hall–Kier alpha value is -3.86. The van der Waals surface area contributed by atoms with Gasteiger partial charge < -0.3 is 14.2 Å². The number of carbonyl (C=O) groups excluding carboxylic acids is 2. The van der Waals surface area contributed by atoms with Crippen LogP contribution in [0.4, 0.5) is 0 Å². The molecule has 0 saturated carbocycles. The van der Waals surface area contributed by atoms with Crippen LogP contribution in [0.5, 0.6) is 17.2 Å². The van der Waals surface area contributed by atoms with Gasteiger partial charge in [0.15, 0.2) is 0 Å². The quantitative estimate of drug-likeness (QED) is 0.129. The summed E-state index contributed by atoms with van der Waals surface area (Å²) in [6.45, 7) is 6.19. The maximum atomic E-state index is 12.4. The van der Waals surface area contributed by atoms with E-state index in [0.29, 0.717) is 35.0 Å². The standard InChI is InChI=1S/C29H30O5/c1-3-5-6-7-8-22-9-11-23(12-10-22)28(30)33-26-17-19-27(20-18-26)34-29(31)24-13-15-25(16-14-24)32-21-4-2/h4,9-20H,2-3,5-8,21H2,1H3. The highest BCUT2D eigenvalue weighted by Crippen LogP contribution is 2.21. The highest BCUT2D eigenvalue weighted by atomic mass is 16.5. The third-order valence-electron chi connectivity index (χ3n) is 5.21. The molecule has 0 heterocycles. The fourth-order valence-electron chi connectivity index (χ4n) is 3.31. The van der Waals surface area contributed by atoms with Gasteiger partial charge in [-0.1, -0.05) is 51.0 Å². The van der Waals surface area contributed by atoms with Crippen molar-refractivity contribution in [2.45, 2.75) is 39.0 Å². The summed E-state index contributed by atoms with van der Waals surface area (Å²) in [5.41, 5.74) is 2.11. The lowest BCUT2D eigenvalue weighted by Crippen LogP contribution is -2.09. The number of benzene rings is 3. The van der Waals surface area contributed by atoms with Gasteiger partial charge >= 0.3 is 11.9 Å². The molecular weight excluding hydrogens is 428 g/mol. The zero-order valence-corrected chi connectivity index (χ0v) is 19.5. The summed E-state index contributed by atoms with van der Waals surface area (Å²) < 4.78 is 16.2. The van der Waals surface area contributed by atoms with Gasteiger partial charge in [0, 0.05) is 0 Å². The van der Waals surface area contributed by atoms with Crippen molar-refractivity contribution in [2.24, 2.45) is 0 Å². The summed E-state index contributed by atoms with van der Waals surface area (Å²) in [5.74, 6) is 0.446. The number of hydrogen-bond acceptors (Lipinski definition) is 5. The first-order valence-corrected chi connectivity index (χ1v) is 11.6. The van der Waals surface area contributed by atoms with Gasteiger partial charge in [0.1, 0.15) is 23.9 Å². The molecule has 3 aromatic rings. The molecule has 0 aromatic heterocycles. The molecule has 0 spiro atoms. The van der Waals surface area contributed by atoms with Crippen molar-refractivity contribution in [2.75, 3.05) is 6.61 Å². The van der Waals surface area contributed by atoms with E-state index >= 15 is 0 Å². The summed E-state index contributed by atoms with van der Waals surface area (Å²) in [6.07, 6.45) is 7.51. The van der Waals surface area contributed by atoms with Crippen LogP contribution in [0.3, 0.4) is 0 Å². The first-order chi connectivity index (χ1) is 16.6. The smallest absolute Gasteiger partial charge is 0.343 e. The van der Waals surface area contributed by atoms with E-state index in [-0.39, 0.29) is 0 Å². The molecular formula is C29H30O5. The Morgan fingerprint density at radius 1 is 0.706 bits per heavy atom. The molecule has 0 radical (unpaired) electrons. The van der Waals surface area contributed by atoms with Crippen molar-refractivity contribution in [3.05, 3.63) is 102 Å². The topological polar surface area (TPSA) is 61.8 Å². The van der Waals surface area contributed by atoms with Crippen molar-refractivity contribution in [3.63, 3.8) is 0 Å². The number of carbonyl (C=O) groups is 2. The van der Waals surface area contributed by atoms with Crippen molar-refractivity contribution >= 4 is 11.9 Å². The molecule has 0 aliphatic carbocycles. The lowest BCUT2D eigenvalue weighted by molar-refractivity contribution is 0.0719. The van der Waals surface area contributed by atoms with E-state index in [4.69, 9.17) is 14.2 Å². The minimum absolute atomic E-state index is 0.351. The third-order valence-corrected chi connectivity index (χ3v) is 5.21. The van der Waals surface area contributed by atoms with E-state index in [9.17, 15) is 9.59 Å². The molecule has 5 nitrogen and oxygen atoms in total. The number of rotatable bonds is 12. The lowest BCUT2D eigenvalue weighted by atomic mass is 10.0. The van der Waals surface area contributed by atoms with Crippen LogP contribution in [0.2, 0.25) is 0 Å². The largest absolute Gasteiger partial charge is 0.490 e. The van der Waals surface area contributed by atoms with Gasteiger partial charge in [-0.05, 0) is 79.1 Å². The van der Waals surface area contributed by atoms with Crippen LogP contribution in [0.15, 0.2) is 85.5 Å². The van der Waals surface area contributed by atoms with Crippen LogP contribution in [0.1, 0.15) is 58.9 Å². The molecule has 5 heteroatoms. The van der Waals surface area contributed by atoms with Crippen LogP contribution in [0.25, 0.3) is 0 Å². The SMILES string of the molecule is C=CCOc1ccc(C(=O)Oc2ccc(OC(=O)c3ccc(CCCCCC)cc3)cc2)cc1. The Kier molecular flexibility index (Phi) is 9.47. The molecule has 0 fully saturated rings. The molecule has 0 aliphatic heterocycles. The summed E-state index contributed by atoms with van der Waals surface area (Å²) >= 11 is 0. The number of ether oxygens (including phenoxy) is 3. The van der Waals surface area contributed by atoms with Crippen LogP contribution in [0, 0.1) is 0 Å². The maximum Gasteiger partial charge on any atom is 0.343 e. The molecule has 0 unspecified atom stereocenters. The zero-order valence-electron chi connectivity index (χ0n) is 19.5. The summed E-state index contributed by atoms with van der Waals surface area (Å²) in [6, 6.07) is 20.5. The number of unbranched alkanes of at least 4 members (excludes halogenated alkanes) is 3. The van der Waals surface area contributed by atoms with Gasteiger partial charge in [-0.25, -0.2) is 9.59 Å². The van der Waals surface area contributed by atoms with Crippen molar-refractivity contribution in [1.82, 2.24) is 0 Å². The second kappa shape index (κ2) is 13.0. The van der Waals surface area contributed by atoms with Crippen LogP contribution in [-0.2, 0) is 6.42 Å². The minimum atomic E-state index is -0.491. The zero-order chi connectivity index (χ0) is 24.2. The number of aryl methyl sites for hydroxylation is 1. The van der Waals surface area contributed by atoms with E-state index in [1.54, 1.807) is 66.7 Å². The maximum absolute atomic E-state index is 12.4. The normalized spacial score (nSPS) is 10.4. The fraction of sp³-hybridized carbons (Fsp3) is 0.241. The lowest BCUT2D eigenvalue weighted by Gasteiger charge is -2.08.